The summed E-state index contributed by atoms with van der Waals surface area (Å²) in [5.41, 5.74) is 10.5. The molecule has 47 heavy (non-hydrogen) atoms. The first-order chi connectivity index (χ1) is 22.9. The van der Waals surface area contributed by atoms with Crippen molar-refractivity contribution in [3.05, 3.63) is 150 Å². The van der Waals surface area contributed by atoms with E-state index in [1.54, 1.807) is 18.2 Å². The topological polar surface area (TPSA) is 50.3 Å². The number of aromatic nitrogens is 1. The number of sulfone groups is 1. The molecule has 5 aromatic carbocycles. The number of anilines is 3. The van der Waals surface area contributed by atoms with Crippen molar-refractivity contribution in [1.29, 1.82) is 0 Å². The van der Waals surface area contributed by atoms with Gasteiger partial charge < -0.3 is 0 Å². The van der Waals surface area contributed by atoms with E-state index in [2.05, 4.69) is 110 Å². The number of rotatable bonds is 5. The molecule has 4 nitrogen and oxygen atoms in total. The van der Waals surface area contributed by atoms with Gasteiger partial charge in [-0.25, -0.2) is 8.42 Å². The Labute approximate surface area is 282 Å². The van der Waals surface area contributed by atoms with Gasteiger partial charge in [0.2, 0.25) is 0 Å². The number of nitrogens with zero attached hydrogens (tertiary/aromatic N) is 2. The molecular formula is C41H32N2O2SSe. The summed E-state index contributed by atoms with van der Waals surface area (Å²) < 4.78 is 29.5. The van der Waals surface area contributed by atoms with Gasteiger partial charge in [0.15, 0.2) is 0 Å². The number of hydrogen-bond donors (Lipinski definition) is 0. The molecule has 0 atom stereocenters. The molecule has 0 radical (unpaired) electrons. The monoisotopic (exact) mass is 696 g/mol. The molecule has 6 aromatic rings. The molecule has 2 aliphatic rings. The summed E-state index contributed by atoms with van der Waals surface area (Å²) in [6.07, 6.45) is 7.05. The molecule has 0 unspecified atom stereocenters. The second kappa shape index (κ2) is 11.8. The van der Waals surface area contributed by atoms with Crippen molar-refractivity contribution >= 4 is 61.7 Å². The Balaban J connectivity index is 1.36. The molecule has 0 amide bonds. The Morgan fingerprint density at radius 3 is 2.02 bits per heavy atom. The number of fused-ring (bicyclic) bond motifs is 3. The Kier molecular flexibility index (Phi) is 7.45. The van der Waals surface area contributed by atoms with E-state index in [1.165, 1.54) is 25.9 Å². The third kappa shape index (κ3) is 5.23. The van der Waals surface area contributed by atoms with Gasteiger partial charge in [0.25, 0.3) is 0 Å². The van der Waals surface area contributed by atoms with E-state index in [0.29, 0.717) is 9.80 Å². The quantitative estimate of drug-likeness (QED) is 0.169. The molecule has 0 saturated heterocycles. The maximum atomic E-state index is 13.4. The molecule has 8 rings (SSSR count). The zero-order valence-corrected chi connectivity index (χ0v) is 28.7. The average molecular weight is 696 g/mol. The van der Waals surface area contributed by atoms with Crippen molar-refractivity contribution < 1.29 is 8.42 Å². The number of para-hydroxylation sites is 2. The molecule has 2 heterocycles. The van der Waals surface area contributed by atoms with E-state index < -0.39 is 9.84 Å². The van der Waals surface area contributed by atoms with Gasteiger partial charge in [0, 0.05) is 0 Å². The summed E-state index contributed by atoms with van der Waals surface area (Å²) in [7, 11) is -3.59. The van der Waals surface area contributed by atoms with Crippen LogP contribution in [0.2, 0.25) is 0 Å². The van der Waals surface area contributed by atoms with Crippen LogP contribution in [-0.4, -0.2) is 28.4 Å². The van der Waals surface area contributed by atoms with Crippen LogP contribution in [0.3, 0.4) is 0 Å². The van der Waals surface area contributed by atoms with Gasteiger partial charge >= 0.3 is 239 Å². The van der Waals surface area contributed by atoms with Gasteiger partial charge in [0.1, 0.15) is 0 Å². The maximum absolute atomic E-state index is 13.4. The molecule has 230 valence electrons. The van der Waals surface area contributed by atoms with Gasteiger partial charge in [-0.15, -0.1) is 0 Å². The van der Waals surface area contributed by atoms with Gasteiger partial charge in [0.05, 0.1) is 4.91 Å². The van der Waals surface area contributed by atoms with Crippen LogP contribution in [0.4, 0.5) is 17.1 Å². The molecule has 6 heteroatoms. The van der Waals surface area contributed by atoms with Crippen LogP contribution in [0.25, 0.3) is 33.3 Å². The standard InChI is InChI=1S/C41H32N2O2SSe/c1-27-16-19-29(20-17-27)33-26-34(30-21-23-32(24-22-30)46(44,45)31-10-4-3-5-11-31)42-41-37(25-18-28(2)40(33)41)43-35-12-6-8-14-38(35)47-39-15-9-7-13-36(39)43/h4,6-26H,3,5H2,1-2H3. The van der Waals surface area contributed by atoms with Crippen LogP contribution in [-0.2, 0) is 9.84 Å². The minimum atomic E-state index is -3.59. The number of hydrogen-bond acceptors (Lipinski definition) is 4. The molecule has 0 bridgehead atoms. The molecule has 0 spiro atoms. The number of pyridine rings is 1. The van der Waals surface area contributed by atoms with Crippen molar-refractivity contribution in [3.8, 4) is 22.4 Å². The molecule has 1 aliphatic carbocycles. The van der Waals surface area contributed by atoms with E-state index in [0.717, 1.165) is 57.4 Å². The molecule has 1 aliphatic heterocycles. The third-order valence-corrected chi connectivity index (χ3v) is 13.1. The summed E-state index contributed by atoms with van der Waals surface area (Å²) in [6, 6.07) is 39.7. The summed E-state index contributed by atoms with van der Waals surface area (Å²) in [5.74, 6) is 0. The predicted molar refractivity (Wildman–Crippen MR) is 195 cm³/mol. The van der Waals surface area contributed by atoms with Crippen LogP contribution in [0.1, 0.15) is 24.0 Å². The summed E-state index contributed by atoms with van der Waals surface area (Å²) >= 11 is 0.196. The molecule has 0 N–H and O–H groups in total. The van der Waals surface area contributed by atoms with Gasteiger partial charge in [-0.1, -0.05) is 12.2 Å². The Morgan fingerprint density at radius 1 is 0.702 bits per heavy atom. The summed E-state index contributed by atoms with van der Waals surface area (Å²) in [6.45, 7) is 4.26. The fraction of sp³-hybridized carbons (Fsp3) is 0.0976. The van der Waals surface area contributed by atoms with E-state index >= 15 is 0 Å². The van der Waals surface area contributed by atoms with Gasteiger partial charge in [-0.2, -0.15) is 0 Å². The fourth-order valence-electron chi connectivity index (χ4n) is 6.48. The van der Waals surface area contributed by atoms with E-state index in [-0.39, 0.29) is 15.0 Å². The predicted octanol–water partition coefficient (Wildman–Crippen LogP) is 8.63. The second-order valence-corrected chi connectivity index (χ2v) is 16.3. The zero-order chi connectivity index (χ0) is 32.1. The number of aryl methyl sites for hydroxylation is 2. The average Bonchev–Trinajstić information content (AvgIpc) is 3.11. The minimum absolute atomic E-state index is 0.196. The summed E-state index contributed by atoms with van der Waals surface area (Å²) in [4.78, 5) is 8.43. The SMILES string of the molecule is Cc1ccc(-c2cc(-c3ccc(S(=O)(=O)C4=CCCC=C4)cc3)nc3c(N4c5ccccc5[Se]c5ccccc54)ccc(C)c23)cc1. The van der Waals surface area contributed by atoms with Crippen LogP contribution in [0, 0.1) is 13.8 Å². The third-order valence-electron chi connectivity index (χ3n) is 8.91. The molecular weight excluding hydrogens is 663 g/mol. The zero-order valence-electron chi connectivity index (χ0n) is 26.1. The van der Waals surface area contributed by atoms with Crippen LogP contribution < -0.4 is 13.8 Å². The van der Waals surface area contributed by atoms with Gasteiger partial charge in [-0.3, -0.25) is 0 Å². The van der Waals surface area contributed by atoms with Crippen molar-refractivity contribution in [2.45, 2.75) is 31.6 Å². The first kappa shape index (κ1) is 29.6. The van der Waals surface area contributed by atoms with Crippen molar-refractivity contribution in [2.75, 3.05) is 4.90 Å². The molecule has 0 saturated carbocycles. The normalized spacial score (nSPS) is 14.1. The Bertz CT molecular complexity index is 2310. The van der Waals surface area contributed by atoms with E-state index in [4.69, 9.17) is 4.98 Å². The first-order valence-corrected chi connectivity index (χ1v) is 19.0. The molecule has 1 aromatic heterocycles. The number of allylic oxidation sites excluding steroid dienone is 3. The summed E-state index contributed by atoms with van der Waals surface area (Å²) in [5, 5.41) is 1.11. The fourth-order valence-corrected chi connectivity index (χ4v) is 10.1. The van der Waals surface area contributed by atoms with E-state index in [1.807, 2.05) is 24.3 Å². The number of benzene rings is 5. The second-order valence-electron chi connectivity index (χ2n) is 12.0. The first-order valence-electron chi connectivity index (χ1n) is 15.8. The van der Waals surface area contributed by atoms with Crippen LogP contribution >= 0.6 is 0 Å². The van der Waals surface area contributed by atoms with E-state index in [9.17, 15) is 8.42 Å². The Morgan fingerprint density at radius 2 is 1.36 bits per heavy atom. The molecule has 0 fully saturated rings. The van der Waals surface area contributed by atoms with Crippen LogP contribution in [0.5, 0.6) is 0 Å². The van der Waals surface area contributed by atoms with Crippen LogP contribution in [0.15, 0.2) is 143 Å². The Hall–Kier alpha value is -4.74. The van der Waals surface area contributed by atoms with Crippen molar-refractivity contribution in [1.82, 2.24) is 4.98 Å². The van der Waals surface area contributed by atoms with Crippen molar-refractivity contribution in [3.63, 3.8) is 0 Å². The van der Waals surface area contributed by atoms with Crippen molar-refractivity contribution in [2.24, 2.45) is 0 Å². The van der Waals surface area contributed by atoms with Gasteiger partial charge in [-0.05, 0) is 18.9 Å².